The van der Waals surface area contributed by atoms with Crippen LogP contribution in [0.4, 0.5) is 5.69 Å². The third kappa shape index (κ3) is 4.71. The second-order valence-corrected chi connectivity index (χ2v) is 6.53. The molecule has 0 aliphatic heterocycles. The lowest BCUT2D eigenvalue weighted by Crippen LogP contribution is -2.36. The largest absolute Gasteiger partial charge is 0.491 e. The van der Waals surface area contributed by atoms with Gasteiger partial charge in [0.15, 0.2) is 0 Å². The lowest BCUT2D eigenvalue weighted by atomic mass is 9.78. The van der Waals surface area contributed by atoms with Crippen LogP contribution in [0.15, 0.2) is 24.3 Å². The molecule has 0 saturated heterocycles. The number of hydrogen-bond donors (Lipinski definition) is 2. The Hall–Kier alpha value is -2.04. The van der Waals surface area contributed by atoms with E-state index >= 15 is 0 Å². The molecule has 0 heterocycles. The van der Waals surface area contributed by atoms with Gasteiger partial charge in [-0.1, -0.05) is 38.8 Å². The predicted octanol–water partition coefficient (Wildman–Crippen LogP) is 3.55. The summed E-state index contributed by atoms with van der Waals surface area (Å²) in [6.07, 6.45) is 2.96. The SMILES string of the molecule is CC(C)COc1ccccc1NC(=O)[C@@H]1CCCC[C@H]1C(=O)O. The third-order valence-electron chi connectivity index (χ3n) is 4.14. The van der Waals surface area contributed by atoms with Gasteiger partial charge in [0.05, 0.1) is 24.1 Å². The van der Waals surface area contributed by atoms with Crippen LogP contribution in [0.5, 0.6) is 5.75 Å². The zero-order valence-electron chi connectivity index (χ0n) is 13.7. The normalized spacial score (nSPS) is 21.0. The van der Waals surface area contributed by atoms with Crippen LogP contribution in [0.3, 0.4) is 0 Å². The summed E-state index contributed by atoms with van der Waals surface area (Å²) < 4.78 is 5.73. The highest BCUT2D eigenvalue weighted by atomic mass is 16.5. The summed E-state index contributed by atoms with van der Waals surface area (Å²) in [4.78, 5) is 23.9. The molecule has 1 aromatic carbocycles. The number of para-hydroxylation sites is 2. The first kappa shape index (κ1) is 17.3. The first-order valence-electron chi connectivity index (χ1n) is 8.24. The third-order valence-corrected chi connectivity index (χ3v) is 4.14. The fourth-order valence-electron chi connectivity index (χ4n) is 2.92. The number of amides is 1. The van der Waals surface area contributed by atoms with Crippen molar-refractivity contribution in [3.05, 3.63) is 24.3 Å². The number of carbonyl (C=O) groups excluding carboxylic acids is 1. The van der Waals surface area contributed by atoms with Crippen molar-refractivity contribution in [1.29, 1.82) is 0 Å². The maximum absolute atomic E-state index is 12.5. The molecule has 1 amide bonds. The first-order valence-corrected chi connectivity index (χ1v) is 8.24. The molecule has 1 fully saturated rings. The van der Waals surface area contributed by atoms with Crippen LogP contribution in [-0.4, -0.2) is 23.6 Å². The number of carbonyl (C=O) groups is 2. The van der Waals surface area contributed by atoms with Gasteiger partial charge < -0.3 is 15.2 Å². The van der Waals surface area contributed by atoms with Gasteiger partial charge in [0.1, 0.15) is 5.75 Å². The number of nitrogens with one attached hydrogen (secondary N) is 1. The number of anilines is 1. The van der Waals surface area contributed by atoms with E-state index in [1.54, 1.807) is 6.07 Å². The summed E-state index contributed by atoms with van der Waals surface area (Å²) >= 11 is 0. The molecule has 2 rings (SSSR count). The van der Waals surface area contributed by atoms with E-state index in [0.717, 1.165) is 12.8 Å². The minimum Gasteiger partial charge on any atom is -0.491 e. The van der Waals surface area contributed by atoms with Gasteiger partial charge in [-0.2, -0.15) is 0 Å². The Morgan fingerprint density at radius 3 is 2.52 bits per heavy atom. The molecule has 0 spiro atoms. The number of benzene rings is 1. The average molecular weight is 319 g/mol. The highest BCUT2D eigenvalue weighted by molar-refractivity contribution is 5.96. The van der Waals surface area contributed by atoms with E-state index in [9.17, 15) is 14.7 Å². The van der Waals surface area contributed by atoms with Gasteiger partial charge >= 0.3 is 5.97 Å². The van der Waals surface area contributed by atoms with E-state index < -0.39 is 17.8 Å². The lowest BCUT2D eigenvalue weighted by molar-refractivity contribution is -0.147. The summed E-state index contributed by atoms with van der Waals surface area (Å²) in [6.45, 7) is 4.68. The lowest BCUT2D eigenvalue weighted by Gasteiger charge is -2.27. The highest BCUT2D eigenvalue weighted by Crippen LogP contribution is 2.32. The van der Waals surface area contributed by atoms with E-state index in [1.807, 2.05) is 18.2 Å². The van der Waals surface area contributed by atoms with Crippen LogP contribution in [-0.2, 0) is 9.59 Å². The van der Waals surface area contributed by atoms with Gasteiger partial charge in [0.2, 0.25) is 5.91 Å². The number of carboxylic acids is 1. The van der Waals surface area contributed by atoms with Crippen LogP contribution in [0, 0.1) is 17.8 Å². The number of ether oxygens (including phenoxy) is 1. The van der Waals surface area contributed by atoms with Crippen LogP contribution in [0.25, 0.3) is 0 Å². The number of carboxylic acid groups (broad SMARTS) is 1. The molecule has 1 saturated carbocycles. The van der Waals surface area contributed by atoms with Crippen LogP contribution in [0.1, 0.15) is 39.5 Å². The van der Waals surface area contributed by atoms with Crippen LogP contribution >= 0.6 is 0 Å². The Balaban J connectivity index is 2.08. The van der Waals surface area contributed by atoms with Crippen molar-refractivity contribution in [2.45, 2.75) is 39.5 Å². The Bertz CT molecular complexity index is 556. The van der Waals surface area contributed by atoms with Crippen molar-refractivity contribution in [1.82, 2.24) is 0 Å². The molecule has 5 nitrogen and oxygen atoms in total. The summed E-state index contributed by atoms with van der Waals surface area (Å²) in [6, 6.07) is 7.28. The first-order chi connectivity index (χ1) is 11.0. The average Bonchev–Trinajstić information content (AvgIpc) is 2.53. The Morgan fingerprint density at radius 2 is 1.87 bits per heavy atom. The fourth-order valence-corrected chi connectivity index (χ4v) is 2.92. The molecular weight excluding hydrogens is 294 g/mol. The highest BCUT2D eigenvalue weighted by Gasteiger charge is 2.35. The van der Waals surface area contributed by atoms with E-state index in [1.165, 1.54) is 0 Å². The van der Waals surface area contributed by atoms with Crippen molar-refractivity contribution >= 4 is 17.6 Å². The molecule has 0 aromatic heterocycles. The minimum absolute atomic E-state index is 0.224. The zero-order valence-corrected chi connectivity index (χ0v) is 13.7. The quantitative estimate of drug-likeness (QED) is 0.841. The molecule has 126 valence electrons. The van der Waals surface area contributed by atoms with Gasteiger partial charge in [-0.25, -0.2) is 0 Å². The van der Waals surface area contributed by atoms with Crippen LogP contribution in [0.2, 0.25) is 0 Å². The molecule has 1 aliphatic rings. The second-order valence-electron chi connectivity index (χ2n) is 6.53. The molecule has 2 atom stereocenters. The topological polar surface area (TPSA) is 75.6 Å². The molecule has 1 aliphatic carbocycles. The molecule has 0 radical (unpaired) electrons. The number of aliphatic carboxylic acids is 1. The van der Waals surface area contributed by atoms with Gasteiger partial charge in [-0.15, -0.1) is 0 Å². The Morgan fingerprint density at radius 1 is 1.22 bits per heavy atom. The Kier molecular flexibility index (Phi) is 6.02. The fraction of sp³-hybridized carbons (Fsp3) is 0.556. The van der Waals surface area contributed by atoms with E-state index in [-0.39, 0.29) is 5.91 Å². The van der Waals surface area contributed by atoms with E-state index in [4.69, 9.17) is 4.74 Å². The minimum atomic E-state index is -0.880. The number of rotatable bonds is 6. The van der Waals surface area contributed by atoms with Crippen molar-refractivity contribution in [3.63, 3.8) is 0 Å². The predicted molar refractivity (Wildman–Crippen MR) is 88.5 cm³/mol. The monoisotopic (exact) mass is 319 g/mol. The van der Waals surface area contributed by atoms with Crippen molar-refractivity contribution in [2.24, 2.45) is 17.8 Å². The van der Waals surface area contributed by atoms with Crippen molar-refractivity contribution < 1.29 is 19.4 Å². The second kappa shape index (κ2) is 7.99. The van der Waals surface area contributed by atoms with Crippen molar-refractivity contribution in [3.8, 4) is 5.75 Å². The van der Waals surface area contributed by atoms with Crippen molar-refractivity contribution in [2.75, 3.05) is 11.9 Å². The van der Waals surface area contributed by atoms with E-state index in [2.05, 4.69) is 19.2 Å². The smallest absolute Gasteiger partial charge is 0.307 e. The molecule has 2 N–H and O–H groups in total. The van der Waals surface area contributed by atoms with Crippen LogP contribution < -0.4 is 10.1 Å². The van der Waals surface area contributed by atoms with Gasteiger partial charge in [0, 0.05) is 0 Å². The molecule has 23 heavy (non-hydrogen) atoms. The summed E-state index contributed by atoms with van der Waals surface area (Å²) in [5, 5.41) is 12.2. The van der Waals surface area contributed by atoms with Gasteiger partial charge in [0.25, 0.3) is 0 Å². The Labute approximate surface area is 137 Å². The van der Waals surface area contributed by atoms with Gasteiger partial charge in [-0.05, 0) is 30.9 Å². The molecule has 5 heteroatoms. The molecular formula is C18H25NO4. The standard InChI is InChI=1S/C18H25NO4/c1-12(2)11-23-16-10-6-5-9-15(16)19-17(20)13-7-3-4-8-14(13)18(21)22/h5-6,9-10,12-14H,3-4,7-8,11H2,1-2H3,(H,19,20)(H,21,22)/t13-,14-/m1/s1. The molecule has 1 aromatic rings. The summed E-state index contributed by atoms with van der Waals surface area (Å²) in [5.74, 6) is -1.16. The molecule has 0 unspecified atom stereocenters. The zero-order chi connectivity index (χ0) is 16.8. The van der Waals surface area contributed by atoms with Gasteiger partial charge in [-0.3, -0.25) is 9.59 Å². The number of hydrogen-bond acceptors (Lipinski definition) is 3. The maximum atomic E-state index is 12.5. The summed E-state index contributed by atoms with van der Waals surface area (Å²) in [7, 11) is 0. The summed E-state index contributed by atoms with van der Waals surface area (Å²) in [5.41, 5.74) is 0.605. The van der Waals surface area contributed by atoms with E-state index in [0.29, 0.717) is 36.8 Å². The molecule has 0 bridgehead atoms. The maximum Gasteiger partial charge on any atom is 0.307 e.